The first-order chi connectivity index (χ1) is 14.4. The summed E-state index contributed by atoms with van der Waals surface area (Å²) in [6.07, 6.45) is 5.37. The molecular weight excluding hydrogens is 404 g/mol. The average Bonchev–Trinajstić information content (AvgIpc) is 3.32. The largest absolute Gasteiger partial charge is 0.448 e. The van der Waals surface area contributed by atoms with Crippen LogP contribution in [0.25, 0.3) is 0 Å². The highest BCUT2D eigenvalue weighted by molar-refractivity contribution is 7.92. The molecule has 0 radical (unpaired) electrons. The Hall–Kier alpha value is -2.74. The number of anilines is 2. The first-order valence-corrected chi connectivity index (χ1v) is 11.8. The van der Waals surface area contributed by atoms with Crippen LogP contribution in [-0.2, 0) is 21.2 Å². The number of ether oxygens (including phenoxy) is 2. The summed E-state index contributed by atoms with van der Waals surface area (Å²) in [5, 5.41) is 0. The minimum atomic E-state index is -3.78. The van der Waals surface area contributed by atoms with Crippen LogP contribution in [0.4, 0.5) is 11.4 Å². The molecule has 0 unspecified atom stereocenters. The van der Waals surface area contributed by atoms with Gasteiger partial charge in [0.25, 0.3) is 15.8 Å². The minimum absolute atomic E-state index is 0.0370. The Bertz CT molecular complexity index is 1120. The zero-order valence-electron chi connectivity index (χ0n) is 16.8. The van der Waals surface area contributed by atoms with Gasteiger partial charge in [0.1, 0.15) is 0 Å². The van der Waals surface area contributed by atoms with Crippen molar-refractivity contribution < 1.29 is 22.7 Å². The van der Waals surface area contributed by atoms with E-state index in [0.717, 1.165) is 49.8 Å². The van der Waals surface area contributed by atoms with Gasteiger partial charge in [-0.3, -0.25) is 9.52 Å². The number of nitrogens with zero attached hydrogens (tertiary/aromatic N) is 1. The number of sulfonamides is 1. The third-order valence-electron chi connectivity index (χ3n) is 6.01. The minimum Gasteiger partial charge on any atom is -0.448 e. The lowest BCUT2D eigenvalue weighted by atomic mass is 10.0. The van der Waals surface area contributed by atoms with Crippen LogP contribution in [0, 0.1) is 0 Å². The van der Waals surface area contributed by atoms with Gasteiger partial charge in [0.15, 0.2) is 11.5 Å². The Morgan fingerprint density at radius 1 is 1.03 bits per heavy atom. The van der Waals surface area contributed by atoms with Gasteiger partial charge in [-0.15, -0.1) is 0 Å². The summed E-state index contributed by atoms with van der Waals surface area (Å²) in [4.78, 5) is 13.7. The fourth-order valence-electron chi connectivity index (χ4n) is 4.56. The topological polar surface area (TPSA) is 84.9 Å². The molecule has 1 saturated carbocycles. The number of amides is 1. The molecule has 0 saturated heterocycles. The number of rotatable bonds is 3. The molecule has 5 rings (SSSR count). The third-order valence-corrected chi connectivity index (χ3v) is 7.39. The van der Waals surface area contributed by atoms with Gasteiger partial charge in [-0.25, -0.2) is 8.42 Å². The van der Waals surface area contributed by atoms with Crippen molar-refractivity contribution in [3.8, 4) is 11.5 Å². The van der Waals surface area contributed by atoms with Gasteiger partial charge in [0.2, 0.25) is 5.91 Å². The van der Waals surface area contributed by atoms with E-state index in [1.54, 1.807) is 41.3 Å². The summed E-state index contributed by atoms with van der Waals surface area (Å²) in [6, 6.07) is 10.0. The molecule has 3 aliphatic rings. The summed E-state index contributed by atoms with van der Waals surface area (Å²) in [7, 11) is -3.78. The van der Waals surface area contributed by atoms with Crippen LogP contribution in [0.5, 0.6) is 11.5 Å². The fraction of sp³-hybridized carbons (Fsp3) is 0.409. The molecule has 1 amide bonds. The lowest BCUT2D eigenvalue weighted by Crippen LogP contribution is -2.34. The van der Waals surface area contributed by atoms with Gasteiger partial charge in [0, 0.05) is 38.1 Å². The quantitative estimate of drug-likeness (QED) is 0.803. The molecule has 1 N–H and O–H groups in total. The molecule has 1 spiro atoms. The van der Waals surface area contributed by atoms with Crippen LogP contribution >= 0.6 is 0 Å². The van der Waals surface area contributed by atoms with Gasteiger partial charge in [-0.05, 0) is 61.6 Å². The van der Waals surface area contributed by atoms with Crippen molar-refractivity contribution in [3.63, 3.8) is 0 Å². The molecule has 7 nitrogen and oxygen atoms in total. The van der Waals surface area contributed by atoms with E-state index in [2.05, 4.69) is 4.72 Å². The van der Waals surface area contributed by atoms with E-state index in [-0.39, 0.29) is 10.8 Å². The number of carbonyl (C=O) groups excluding carboxylic acids is 1. The number of fused-ring (bicyclic) bond motifs is 2. The van der Waals surface area contributed by atoms with Gasteiger partial charge >= 0.3 is 0 Å². The lowest BCUT2D eigenvalue weighted by Gasteiger charge is -2.28. The molecule has 0 atom stereocenters. The molecule has 1 aliphatic carbocycles. The van der Waals surface area contributed by atoms with Crippen molar-refractivity contribution in [1.29, 1.82) is 0 Å². The van der Waals surface area contributed by atoms with Gasteiger partial charge in [-0.1, -0.05) is 0 Å². The summed E-state index contributed by atoms with van der Waals surface area (Å²) in [5.41, 5.74) is 2.08. The second-order valence-corrected chi connectivity index (χ2v) is 9.84. The molecule has 0 bridgehead atoms. The summed E-state index contributed by atoms with van der Waals surface area (Å²) >= 11 is 0. The molecule has 2 heterocycles. The van der Waals surface area contributed by atoms with Crippen LogP contribution in [0.1, 0.15) is 44.6 Å². The van der Waals surface area contributed by atoms with Crippen LogP contribution in [0.2, 0.25) is 0 Å². The molecular formula is C22H24N2O5S. The van der Waals surface area contributed by atoms with E-state index in [1.165, 1.54) is 6.92 Å². The van der Waals surface area contributed by atoms with E-state index in [4.69, 9.17) is 9.47 Å². The molecule has 0 aromatic heterocycles. The van der Waals surface area contributed by atoms with Crippen LogP contribution in [0.3, 0.4) is 0 Å². The monoisotopic (exact) mass is 428 g/mol. The second-order valence-electron chi connectivity index (χ2n) is 8.15. The van der Waals surface area contributed by atoms with Gasteiger partial charge in [0.05, 0.1) is 10.6 Å². The zero-order chi connectivity index (χ0) is 20.9. The number of hydrogen-bond acceptors (Lipinski definition) is 5. The lowest BCUT2D eigenvalue weighted by molar-refractivity contribution is -0.116. The predicted octanol–water partition coefficient (Wildman–Crippen LogP) is 3.83. The molecule has 2 aromatic rings. The first-order valence-electron chi connectivity index (χ1n) is 10.3. The highest BCUT2D eigenvalue weighted by Crippen LogP contribution is 2.47. The Morgan fingerprint density at radius 2 is 1.80 bits per heavy atom. The Kier molecular flexibility index (Phi) is 4.43. The Labute approximate surface area is 176 Å². The highest BCUT2D eigenvalue weighted by Gasteiger charge is 2.44. The normalized spacial score (nSPS) is 19.0. The second kappa shape index (κ2) is 6.91. The fourth-order valence-corrected chi connectivity index (χ4v) is 5.66. The van der Waals surface area contributed by atoms with Gasteiger partial charge in [-0.2, -0.15) is 0 Å². The van der Waals surface area contributed by atoms with E-state index < -0.39 is 15.8 Å². The van der Waals surface area contributed by atoms with Crippen molar-refractivity contribution in [3.05, 3.63) is 42.0 Å². The number of aryl methyl sites for hydroxylation is 1. The first kappa shape index (κ1) is 19.2. The van der Waals surface area contributed by atoms with Crippen molar-refractivity contribution in [2.45, 2.75) is 56.1 Å². The molecule has 1 fully saturated rings. The molecule has 2 aromatic carbocycles. The number of carbonyl (C=O) groups is 1. The van der Waals surface area contributed by atoms with Crippen LogP contribution in [0.15, 0.2) is 41.3 Å². The average molecular weight is 429 g/mol. The standard InChI is InChI=1S/C22H24N2O5S/c1-15(25)24-12-4-5-16-13-18(7-8-19(16)24)30(26,27)23-17-6-9-20-21(14-17)29-22(28-20)10-2-3-11-22/h6-9,13-14,23H,2-5,10-12H2,1H3. The van der Waals surface area contributed by atoms with Crippen molar-refractivity contribution in [2.75, 3.05) is 16.2 Å². The maximum absolute atomic E-state index is 13.0. The number of benzene rings is 2. The third kappa shape index (κ3) is 3.29. The number of hydrogen-bond donors (Lipinski definition) is 1. The number of nitrogens with one attached hydrogen (secondary N) is 1. The van der Waals surface area contributed by atoms with E-state index in [0.29, 0.717) is 23.7 Å². The maximum Gasteiger partial charge on any atom is 0.261 e. The maximum atomic E-state index is 13.0. The van der Waals surface area contributed by atoms with Crippen molar-refractivity contribution in [1.82, 2.24) is 0 Å². The Morgan fingerprint density at radius 3 is 2.57 bits per heavy atom. The van der Waals surface area contributed by atoms with E-state index in [9.17, 15) is 13.2 Å². The highest BCUT2D eigenvalue weighted by atomic mass is 32.2. The SMILES string of the molecule is CC(=O)N1CCCc2cc(S(=O)(=O)Nc3ccc4c(c3)OC3(CCCC3)O4)ccc21. The van der Waals surface area contributed by atoms with Crippen molar-refractivity contribution in [2.24, 2.45) is 0 Å². The zero-order valence-corrected chi connectivity index (χ0v) is 17.6. The van der Waals surface area contributed by atoms with Gasteiger partial charge < -0.3 is 14.4 Å². The smallest absolute Gasteiger partial charge is 0.261 e. The molecule has 8 heteroatoms. The van der Waals surface area contributed by atoms with Crippen LogP contribution < -0.4 is 19.1 Å². The molecule has 2 aliphatic heterocycles. The molecule has 30 heavy (non-hydrogen) atoms. The summed E-state index contributed by atoms with van der Waals surface area (Å²) < 4.78 is 40.6. The van der Waals surface area contributed by atoms with Crippen LogP contribution in [-0.4, -0.2) is 26.7 Å². The molecule has 158 valence electrons. The predicted molar refractivity (Wildman–Crippen MR) is 112 cm³/mol. The Balaban J connectivity index is 1.39. The summed E-state index contributed by atoms with van der Waals surface area (Å²) in [6.45, 7) is 2.18. The van der Waals surface area contributed by atoms with Crippen molar-refractivity contribution >= 4 is 27.3 Å². The summed E-state index contributed by atoms with van der Waals surface area (Å²) in [5.74, 6) is 0.601. The van der Waals surface area contributed by atoms with E-state index >= 15 is 0 Å². The van der Waals surface area contributed by atoms with E-state index in [1.807, 2.05) is 0 Å².